The average molecular weight is 456 g/mol. The van der Waals surface area contributed by atoms with Crippen LogP contribution in [0.2, 0.25) is 0 Å². The first kappa shape index (κ1) is 23.6. The van der Waals surface area contributed by atoms with E-state index in [0.29, 0.717) is 18.1 Å². The lowest BCUT2D eigenvalue weighted by molar-refractivity contribution is 0.0937. The largest absolute Gasteiger partial charge is 0.493 e. The number of carbonyl (C=O) groups excluding carboxylic acids is 1. The van der Waals surface area contributed by atoms with Crippen LogP contribution in [0.4, 0.5) is 0 Å². The second-order valence-corrected chi connectivity index (χ2v) is 9.01. The van der Waals surface area contributed by atoms with Crippen molar-refractivity contribution in [3.63, 3.8) is 0 Å². The summed E-state index contributed by atoms with van der Waals surface area (Å²) in [5.74, 6) is 2.13. The van der Waals surface area contributed by atoms with Crippen LogP contribution in [-0.4, -0.2) is 22.1 Å². The van der Waals surface area contributed by atoms with Crippen LogP contribution in [0.25, 0.3) is 11.0 Å². The molecule has 1 heterocycles. The molecule has 0 bridgehead atoms. The van der Waals surface area contributed by atoms with E-state index in [1.54, 1.807) is 0 Å². The molecule has 0 saturated heterocycles. The minimum Gasteiger partial charge on any atom is -0.493 e. The topological polar surface area (TPSA) is 56.2 Å². The molecule has 0 fully saturated rings. The highest BCUT2D eigenvalue weighted by atomic mass is 16.5. The van der Waals surface area contributed by atoms with Crippen molar-refractivity contribution in [2.45, 2.75) is 52.6 Å². The summed E-state index contributed by atoms with van der Waals surface area (Å²) in [6, 6.07) is 23.7. The Morgan fingerprint density at radius 1 is 0.971 bits per heavy atom. The fraction of sp³-hybridized carbons (Fsp3) is 0.310. The van der Waals surface area contributed by atoms with Gasteiger partial charge in [0.15, 0.2) is 0 Å². The number of para-hydroxylation sites is 3. The molecule has 4 aromatic rings. The fourth-order valence-electron chi connectivity index (χ4n) is 4.32. The third-order valence-corrected chi connectivity index (χ3v) is 6.13. The third-order valence-electron chi connectivity index (χ3n) is 6.13. The molecule has 1 atom stereocenters. The molecule has 1 N–H and O–H groups in total. The van der Waals surface area contributed by atoms with Gasteiger partial charge in [0.1, 0.15) is 11.6 Å². The maximum Gasteiger partial charge on any atom is 0.252 e. The first-order valence-electron chi connectivity index (χ1n) is 12.0. The molecule has 0 aliphatic carbocycles. The summed E-state index contributed by atoms with van der Waals surface area (Å²) in [6.45, 7) is 9.66. The van der Waals surface area contributed by atoms with Crippen LogP contribution in [0, 0.1) is 6.92 Å². The molecule has 0 spiro atoms. The quantitative estimate of drug-likeness (QED) is 0.296. The molecule has 1 unspecified atom stereocenters. The molecular weight excluding hydrogens is 422 g/mol. The predicted octanol–water partition coefficient (Wildman–Crippen LogP) is 6.43. The van der Waals surface area contributed by atoms with Gasteiger partial charge in [-0.05, 0) is 61.6 Å². The standard InChI is InChI=1S/C29H33N3O2/c1-20(2)23-13-7-10-17-27(23)34-19-11-18-32-26-16-9-8-15-25(26)31-28(32)22(4)30-29(33)24-14-6-5-12-21(24)3/h5-10,12-17,20,22H,11,18-19H2,1-4H3,(H,30,33). The van der Waals surface area contributed by atoms with Gasteiger partial charge in [-0.15, -0.1) is 0 Å². The molecule has 0 aliphatic heterocycles. The maximum absolute atomic E-state index is 12.9. The lowest BCUT2D eigenvalue weighted by Crippen LogP contribution is -2.29. The number of nitrogens with one attached hydrogen (secondary N) is 1. The number of rotatable bonds is 9. The molecule has 176 valence electrons. The number of carbonyl (C=O) groups is 1. The third kappa shape index (κ3) is 5.14. The molecule has 1 aromatic heterocycles. The van der Waals surface area contributed by atoms with Gasteiger partial charge in [-0.1, -0.05) is 62.4 Å². The summed E-state index contributed by atoms with van der Waals surface area (Å²) in [5, 5.41) is 3.14. The van der Waals surface area contributed by atoms with Gasteiger partial charge in [-0.25, -0.2) is 4.98 Å². The SMILES string of the molecule is Cc1ccccc1C(=O)NC(C)c1nc2ccccc2n1CCCOc1ccccc1C(C)C. The Hall–Kier alpha value is -3.60. The monoisotopic (exact) mass is 455 g/mol. The fourth-order valence-corrected chi connectivity index (χ4v) is 4.32. The normalized spacial score (nSPS) is 12.1. The van der Waals surface area contributed by atoms with Crippen molar-refractivity contribution in [1.29, 1.82) is 0 Å². The van der Waals surface area contributed by atoms with Crippen molar-refractivity contribution in [3.05, 3.63) is 95.3 Å². The molecule has 34 heavy (non-hydrogen) atoms. The number of fused-ring (bicyclic) bond motifs is 1. The number of benzene rings is 3. The maximum atomic E-state index is 12.9. The van der Waals surface area contributed by atoms with Gasteiger partial charge >= 0.3 is 0 Å². The molecular formula is C29H33N3O2. The molecule has 0 aliphatic rings. The van der Waals surface area contributed by atoms with Crippen molar-refractivity contribution in [2.75, 3.05) is 6.61 Å². The van der Waals surface area contributed by atoms with E-state index in [2.05, 4.69) is 41.9 Å². The lowest BCUT2D eigenvalue weighted by atomic mass is 10.0. The number of amides is 1. The Balaban J connectivity index is 1.49. The van der Waals surface area contributed by atoms with Crippen LogP contribution in [0.5, 0.6) is 5.75 Å². The van der Waals surface area contributed by atoms with Crippen LogP contribution < -0.4 is 10.1 Å². The highest BCUT2D eigenvalue weighted by Gasteiger charge is 2.19. The van der Waals surface area contributed by atoms with Crippen molar-refractivity contribution < 1.29 is 9.53 Å². The number of hydrogen-bond acceptors (Lipinski definition) is 3. The van der Waals surface area contributed by atoms with E-state index in [-0.39, 0.29) is 11.9 Å². The smallest absolute Gasteiger partial charge is 0.252 e. The zero-order valence-electron chi connectivity index (χ0n) is 20.4. The zero-order chi connectivity index (χ0) is 24.1. The number of imidazole rings is 1. The summed E-state index contributed by atoms with van der Waals surface area (Å²) in [5.41, 5.74) is 4.87. The van der Waals surface area contributed by atoms with Gasteiger partial charge in [0.25, 0.3) is 5.91 Å². The van der Waals surface area contributed by atoms with Crippen LogP contribution in [0.15, 0.2) is 72.8 Å². The second kappa shape index (κ2) is 10.6. The van der Waals surface area contributed by atoms with Crippen LogP contribution in [-0.2, 0) is 6.54 Å². The van der Waals surface area contributed by atoms with Crippen LogP contribution >= 0.6 is 0 Å². The summed E-state index contributed by atoms with van der Waals surface area (Å²) >= 11 is 0. The van der Waals surface area contributed by atoms with Gasteiger partial charge in [0.05, 0.1) is 23.7 Å². The minimum absolute atomic E-state index is 0.0853. The van der Waals surface area contributed by atoms with Crippen LogP contribution in [0.1, 0.15) is 66.5 Å². The number of ether oxygens (including phenoxy) is 1. The highest BCUT2D eigenvalue weighted by Crippen LogP contribution is 2.26. The van der Waals surface area contributed by atoms with Gasteiger partial charge in [0, 0.05) is 12.1 Å². The van der Waals surface area contributed by atoms with E-state index >= 15 is 0 Å². The Kier molecular flexibility index (Phi) is 7.31. The molecule has 3 aromatic carbocycles. The second-order valence-electron chi connectivity index (χ2n) is 9.01. The Morgan fingerprint density at radius 2 is 1.68 bits per heavy atom. The van der Waals surface area contributed by atoms with Gasteiger partial charge in [-0.3, -0.25) is 4.79 Å². The lowest BCUT2D eigenvalue weighted by Gasteiger charge is -2.18. The summed E-state index contributed by atoms with van der Waals surface area (Å²) < 4.78 is 8.35. The van der Waals surface area contributed by atoms with Crippen LogP contribution in [0.3, 0.4) is 0 Å². The zero-order valence-corrected chi connectivity index (χ0v) is 20.4. The molecule has 5 nitrogen and oxygen atoms in total. The van der Waals surface area contributed by atoms with Crippen molar-refractivity contribution in [3.8, 4) is 5.75 Å². The predicted molar refractivity (Wildman–Crippen MR) is 137 cm³/mol. The Bertz CT molecular complexity index is 1280. The Labute approximate surface area is 201 Å². The van der Waals surface area contributed by atoms with E-state index in [0.717, 1.165) is 41.1 Å². The minimum atomic E-state index is -0.234. The molecule has 4 rings (SSSR count). The van der Waals surface area contributed by atoms with E-state index in [9.17, 15) is 4.79 Å². The number of nitrogens with zero attached hydrogens (tertiary/aromatic N) is 2. The number of aryl methyl sites for hydroxylation is 2. The van der Waals surface area contributed by atoms with Crippen molar-refractivity contribution >= 4 is 16.9 Å². The van der Waals surface area contributed by atoms with Gasteiger partial charge in [-0.2, -0.15) is 0 Å². The first-order chi connectivity index (χ1) is 16.5. The van der Waals surface area contributed by atoms with E-state index in [4.69, 9.17) is 9.72 Å². The van der Waals surface area contributed by atoms with E-state index in [1.807, 2.05) is 68.4 Å². The summed E-state index contributed by atoms with van der Waals surface area (Å²) in [4.78, 5) is 17.8. The number of aromatic nitrogens is 2. The number of hydrogen-bond donors (Lipinski definition) is 1. The van der Waals surface area contributed by atoms with Crippen molar-refractivity contribution in [2.24, 2.45) is 0 Å². The average Bonchev–Trinajstić information content (AvgIpc) is 3.21. The van der Waals surface area contributed by atoms with Gasteiger partial charge in [0.2, 0.25) is 0 Å². The van der Waals surface area contributed by atoms with Crippen molar-refractivity contribution in [1.82, 2.24) is 14.9 Å². The molecule has 5 heteroatoms. The molecule has 0 saturated carbocycles. The summed E-state index contributed by atoms with van der Waals surface area (Å²) in [7, 11) is 0. The molecule has 0 radical (unpaired) electrons. The molecule has 1 amide bonds. The van der Waals surface area contributed by atoms with E-state index in [1.165, 1.54) is 5.56 Å². The highest BCUT2D eigenvalue weighted by molar-refractivity contribution is 5.95. The first-order valence-corrected chi connectivity index (χ1v) is 12.0. The van der Waals surface area contributed by atoms with Gasteiger partial charge < -0.3 is 14.6 Å². The summed E-state index contributed by atoms with van der Waals surface area (Å²) in [6.07, 6.45) is 0.832. The van der Waals surface area contributed by atoms with E-state index < -0.39 is 0 Å². The Morgan fingerprint density at radius 3 is 2.47 bits per heavy atom.